The molecule has 0 radical (unpaired) electrons. The number of nitrogen functional groups attached to an aromatic ring is 1. The zero-order valence-corrected chi connectivity index (χ0v) is 16.2. The number of para-hydroxylation sites is 1. The number of rotatable bonds is 7. The van der Waals surface area contributed by atoms with Gasteiger partial charge in [0.2, 0.25) is 0 Å². The molecular formula is C16H28N2O6S. The van der Waals surface area contributed by atoms with Gasteiger partial charge in [-0.05, 0) is 30.9 Å². The van der Waals surface area contributed by atoms with Gasteiger partial charge in [0, 0.05) is 12.7 Å². The Balaban J connectivity index is 0.000000535. The molecule has 0 heterocycles. The normalized spacial score (nSPS) is 11.2. The van der Waals surface area contributed by atoms with E-state index in [0.717, 1.165) is 21.1 Å². The number of nitrogens with zero attached hydrogens (tertiary/aromatic N) is 1. The van der Waals surface area contributed by atoms with Crippen LogP contribution in [0.2, 0.25) is 0 Å². The van der Waals surface area contributed by atoms with Crippen LogP contribution in [0, 0.1) is 19.8 Å². The summed E-state index contributed by atoms with van der Waals surface area (Å²) < 4.78 is 32.4. The number of ether oxygens (including phenoxy) is 1. The van der Waals surface area contributed by atoms with Gasteiger partial charge in [-0.2, -0.15) is 8.42 Å². The van der Waals surface area contributed by atoms with E-state index in [4.69, 9.17) is 15.6 Å². The van der Waals surface area contributed by atoms with E-state index >= 15 is 0 Å². The molecule has 1 aromatic rings. The van der Waals surface area contributed by atoms with Crippen molar-refractivity contribution in [3.8, 4) is 0 Å². The summed E-state index contributed by atoms with van der Waals surface area (Å²) in [5.41, 5.74) is 8.92. The molecule has 8 nitrogen and oxygen atoms in total. The summed E-state index contributed by atoms with van der Waals surface area (Å²) in [5.74, 6) is -0.952. The van der Waals surface area contributed by atoms with E-state index in [0.29, 0.717) is 6.61 Å². The minimum atomic E-state index is -4.17. The lowest BCUT2D eigenvalue weighted by molar-refractivity contribution is -0.137. The fourth-order valence-electron chi connectivity index (χ4n) is 1.52. The van der Waals surface area contributed by atoms with Gasteiger partial charge < -0.3 is 19.8 Å². The van der Waals surface area contributed by atoms with E-state index in [-0.39, 0.29) is 12.6 Å². The summed E-state index contributed by atoms with van der Waals surface area (Å²) in [4.78, 5) is 10.6. The van der Waals surface area contributed by atoms with E-state index < -0.39 is 22.9 Å². The number of anilines is 1. The number of hydrogen-bond acceptors (Lipinski definition) is 7. The zero-order chi connectivity index (χ0) is 19.6. The molecule has 0 aliphatic carbocycles. The van der Waals surface area contributed by atoms with E-state index in [1.807, 2.05) is 45.9 Å². The molecular weight excluding hydrogens is 348 g/mol. The van der Waals surface area contributed by atoms with Crippen LogP contribution in [0.1, 0.15) is 25.0 Å². The molecule has 3 N–H and O–H groups in total. The van der Waals surface area contributed by atoms with Crippen molar-refractivity contribution in [2.75, 3.05) is 32.7 Å². The Bertz CT molecular complexity index is 626. The summed E-state index contributed by atoms with van der Waals surface area (Å²) >= 11 is 0. The predicted octanol–water partition coefficient (Wildman–Crippen LogP) is 1.21. The third-order valence-corrected chi connectivity index (χ3v) is 4.24. The Hall–Kier alpha value is -1.68. The maximum Gasteiger partial charge on any atom is 0.389 e. The Morgan fingerprint density at radius 3 is 2.20 bits per heavy atom. The molecule has 0 aromatic heterocycles. The highest BCUT2D eigenvalue weighted by atomic mass is 32.2. The van der Waals surface area contributed by atoms with E-state index in [1.165, 1.54) is 7.05 Å². The fraction of sp³-hybridized carbons (Fsp3) is 0.562. The lowest BCUT2D eigenvalue weighted by Crippen LogP contribution is -2.33. The Morgan fingerprint density at radius 2 is 1.80 bits per heavy atom. The van der Waals surface area contributed by atoms with Crippen molar-refractivity contribution in [2.45, 2.75) is 27.7 Å². The average Bonchev–Trinajstić information content (AvgIpc) is 2.52. The molecule has 0 saturated heterocycles. The van der Waals surface area contributed by atoms with Gasteiger partial charge in [0.25, 0.3) is 0 Å². The minimum Gasteiger partial charge on any atom is -0.398 e. The van der Waals surface area contributed by atoms with Gasteiger partial charge in [0.1, 0.15) is 13.3 Å². The molecule has 0 aliphatic heterocycles. The lowest BCUT2D eigenvalue weighted by atomic mass is 10.1. The number of nitrogens with two attached hydrogens (primary N) is 1. The molecule has 0 unspecified atom stereocenters. The summed E-state index contributed by atoms with van der Waals surface area (Å²) in [6.45, 7) is 7.07. The topological polar surface area (TPSA) is 119 Å². The van der Waals surface area contributed by atoms with E-state index in [9.17, 15) is 13.2 Å². The highest BCUT2D eigenvalue weighted by Gasteiger charge is 2.22. The van der Waals surface area contributed by atoms with Crippen LogP contribution in [0.25, 0.3) is 0 Å². The molecule has 0 spiro atoms. The molecule has 1 aromatic carbocycles. The van der Waals surface area contributed by atoms with Crippen LogP contribution >= 0.6 is 0 Å². The maximum absolute atomic E-state index is 11.3. The summed E-state index contributed by atoms with van der Waals surface area (Å²) in [7, 11) is -2.96. The molecule has 9 heteroatoms. The standard InChI is InChI=1S/C8H17NO6S.C8H11N/c1-7(2)5-14-6-9(3)16(12,13)15-8(11)4-10;1-6-4-3-5-7(2)8(6)9/h7,10H,4-6H2,1-3H3;3-5H,9H2,1-2H3. The smallest absolute Gasteiger partial charge is 0.389 e. The number of carbonyl (C=O) groups excluding carboxylic acids is 1. The van der Waals surface area contributed by atoms with Crippen LogP contribution in [0.4, 0.5) is 5.69 Å². The SMILES string of the molecule is CC(C)COCN(C)S(=O)(=O)OC(=O)CO.Cc1cccc(C)c1N. The first kappa shape index (κ1) is 23.3. The van der Waals surface area contributed by atoms with Crippen molar-refractivity contribution in [3.63, 3.8) is 0 Å². The quantitative estimate of drug-likeness (QED) is 0.542. The molecule has 0 atom stereocenters. The number of aliphatic hydroxyl groups excluding tert-OH is 1. The highest BCUT2D eigenvalue weighted by Crippen LogP contribution is 2.13. The van der Waals surface area contributed by atoms with Crippen molar-refractivity contribution in [1.29, 1.82) is 0 Å². The van der Waals surface area contributed by atoms with Crippen LogP contribution in [-0.4, -0.2) is 50.8 Å². The first-order chi connectivity index (χ1) is 11.5. The molecule has 0 saturated carbocycles. The minimum absolute atomic E-state index is 0.209. The molecule has 144 valence electrons. The molecule has 0 fully saturated rings. The highest BCUT2D eigenvalue weighted by molar-refractivity contribution is 7.84. The van der Waals surface area contributed by atoms with Gasteiger partial charge in [-0.15, -0.1) is 4.31 Å². The molecule has 0 bridgehead atoms. The monoisotopic (exact) mass is 376 g/mol. The first-order valence-electron chi connectivity index (χ1n) is 7.70. The lowest BCUT2D eigenvalue weighted by Gasteiger charge is -2.16. The summed E-state index contributed by atoms with van der Waals surface area (Å²) in [6.07, 6.45) is 0. The summed E-state index contributed by atoms with van der Waals surface area (Å²) in [6, 6.07) is 6.05. The van der Waals surface area contributed by atoms with Gasteiger partial charge in [-0.1, -0.05) is 32.0 Å². The van der Waals surface area contributed by atoms with Gasteiger partial charge in [0.05, 0.1) is 6.61 Å². The molecule has 1 rings (SSSR count). The Morgan fingerprint density at radius 1 is 1.28 bits per heavy atom. The summed E-state index contributed by atoms with van der Waals surface area (Å²) in [5, 5.41) is 8.34. The second-order valence-corrected chi connectivity index (χ2v) is 7.51. The Kier molecular flexibility index (Phi) is 10.3. The van der Waals surface area contributed by atoms with Crippen molar-refractivity contribution < 1.29 is 27.2 Å². The number of aryl methyl sites for hydroxylation is 2. The second-order valence-electron chi connectivity index (χ2n) is 5.87. The van der Waals surface area contributed by atoms with Crippen LogP contribution < -0.4 is 5.73 Å². The van der Waals surface area contributed by atoms with Gasteiger partial charge in [-0.3, -0.25) is 0 Å². The van der Waals surface area contributed by atoms with Crippen molar-refractivity contribution in [3.05, 3.63) is 29.3 Å². The maximum atomic E-state index is 11.3. The molecule has 0 amide bonds. The van der Waals surface area contributed by atoms with Crippen molar-refractivity contribution in [1.82, 2.24) is 4.31 Å². The van der Waals surface area contributed by atoms with E-state index in [1.54, 1.807) is 0 Å². The number of carbonyl (C=O) groups is 1. The van der Waals surface area contributed by atoms with Gasteiger partial charge >= 0.3 is 16.3 Å². The third-order valence-electron chi connectivity index (χ3n) is 2.98. The van der Waals surface area contributed by atoms with Crippen molar-refractivity contribution in [2.24, 2.45) is 5.92 Å². The van der Waals surface area contributed by atoms with Crippen LogP contribution in [0.5, 0.6) is 0 Å². The van der Waals surface area contributed by atoms with Gasteiger partial charge in [-0.25, -0.2) is 4.79 Å². The van der Waals surface area contributed by atoms with Crippen molar-refractivity contribution >= 4 is 22.0 Å². The largest absolute Gasteiger partial charge is 0.398 e. The zero-order valence-electron chi connectivity index (χ0n) is 15.4. The van der Waals surface area contributed by atoms with Crippen LogP contribution in [-0.2, 0) is 24.0 Å². The number of aliphatic hydroxyl groups is 1. The average molecular weight is 376 g/mol. The predicted molar refractivity (Wildman–Crippen MR) is 95.8 cm³/mol. The van der Waals surface area contributed by atoms with Crippen LogP contribution in [0.15, 0.2) is 18.2 Å². The fourth-order valence-corrected chi connectivity index (χ4v) is 2.13. The number of hydrogen-bond donors (Lipinski definition) is 2. The Labute approximate surface area is 149 Å². The third kappa shape index (κ3) is 9.40. The first-order valence-corrected chi connectivity index (χ1v) is 9.06. The second kappa shape index (κ2) is 11.0. The van der Waals surface area contributed by atoms with Crippen LogP contribution in [0.3, 0.4) is 0 Å². The van der Waals surface area contributed by atoms with Gasteiger partial charge in [0.15, 0.2) is 0 Å². The molecule has 25 heavy (non-hydrogen) atoms. The number of benzene rings is 1. The van der Waals surface area contributed by atoms with E-state index in [2.05, 4.69) is 4.18 Å². The molecule has 0 aliphatic rings.